The zero-order valence-corrected chi connectivity index (χ0v) is 7.53. The second-order valence-corrected chi connectivity index (χ2v) is 2.94. The summed E-state index contributed by atoms with van der Waals surface area (Å²) in [5.41, 5.74) is 0. The number of carboxylic acid groups (broad SMARTS) is 1. The maximum atomic E-state index is 10.7. The van der Waals surface area contributed by atoms with Crippen molar-refractivity contribution < 1.29 is 9.90 Å². The van der Waals surface area contributed by atoms with E-state index in [-0.39, 0.29) is 0 Å². The Hall–Kier alpha value is -1.46. The molecule has 6 heteroatoms. The Bertz CT molecular complexity index is 229. The van der Waals surface area contributed by atoms with Crippen LogP contribution >= 0.6 is 0 Å². The number of nitrogens with zero attached hydrogens (tertiary/aromatic N) is 2. The number of hydrogen-bond acceptors (Lipinski definition) is 3. The SMILES string of the molecule is CC(C(=O)O)N1CCCN/C1=N\N. The number of guanidine groups is 1. The van der Waals surface area contributed by atoms with E-state index in [1.807, 2.05) is 0 Å². The molecule has 1 heterocycles. The molecule has 0 saturated carbocycles. The van der Waals surface area contributed by atoms with Gasteiger partial charge in [0, 0.05) is 13.1 Å². The Kier molecular flexibility index (Phi) is 2.94. The standard InChI is InChI=1S/C7H14N4O2/c1-5(6(12)13)11-4-2-3-9-7(11)10-8/h5H,2-4,8H2,1H3,(H,9,10)(H,12,13). The molecular weight excluding hydrogens is 172 g/mol. The summed E-state index contributed by atoms with van der Waals surface area (Å²) in [5, 5.41) is 15.2. The number of aliphatic carboxylic acids is 1. The molecule has 1 aliphatic rings. The van der Waals surface area contributed by atoms with Gasteiger partial charge in [-0.2, -0.15) is 0 Å². The van der Waals surface area contributed by atoms with Gasteiger partial charge in [-0.15, -0.1) is 5.10 Å². The van der Waals surface area contributed by atoms with Crippen molar-refractivity contribution in [3.8, 4) is 0 Å². The average Bonchev–Trinajstić information content (AvgIpc) is 2.16. The van der Waals surface area contributed by atoms with Gasteiger partial charge in [0.25, 0.3) is 0 Å². The monoisotopic (exact) mass is 186 g/mol. The molecule has 0 aromatic rings. The Morgan fingerprint density at radius 3 is 3.08 bits per heavy atom. The van der Waals surface area contributed by atoms with E-state index in [9.17, 15) is 4.79 Å². The Morgan fingerprint density at radius 2 is 2.54 bits per heavy atom. The molecule has 1 unspecified atom stereocenters. The van der Waals surface area contributed by atoms with Crippen molar-refractivity contribution in [1.82, 2.24) is 10.2 Å². The maximum absolute atomic E-state index is 10.7. The minimum atomic E-state index is -0.871. The molecule has 74 valence electrons. The molecule has 0 aromatic heterocycles. The highest BCUT2D eigenvalue weighted by Crippen LogP contribution is 2.04. The summed E-state index contributed by atoms with van der Waals surface area (Å²) in [6.45, 7) is 3.08. The zero-order valence-electron chi connectivity index (χ0n) is 7.53. The summed E-state index contributed by atoms with van der Waals surface area (Å²) in [6.07, 6.45) is 0.899. The van der Waals surface area contributed by atoms with Crippen LogP contribution in [0.25, 0.3) is 0 Å². The van der Waals surface area contributed by atoms with Gasteiger partial charge < -0.3 is 21.2 Å². The van der Waals surface area contributed by atoms with Crippen LogP contribution < -0.4 is 11.2 Å². The number of carboxylic acids is 1. The fraction of sp³-hybridized carbons (Fsp3) is 0.714. The van der Waals surface area contributed by atoms with E-state index in [2.05, 4.69) is 10.4 Å². The maximum Gasteiger partial charge on any atom is 0.326 e. The fourth-order valence-corrected chi connectivity index (χ4v) is 1.29. The molecule has 0 amide bonds. The second-order valence-electron chi connectivity index (χ2n) is 2.94. The van der Waals surface area contributed by atoms with Crippen LogP contribution in [-0.2, 0) is 4.79 Å². The first-order chi connectivity index (χ1) is 6.16. The van der Waals surface area contributed by atoms with E-state index in [4.69, 9.17) is 10.9 Å². The highest BCUT2D eigenvalue weighted by atomic mass is 16.4. The Balaban J connectivity index is 2.70. The van der Waals surface area contributed by atoms with Crippen LogP contribution in [0.5, 0.6) is 0 Å². The van der Waals surface area contributed by atoms with Gasteiger partial charge in [0.2, 0.25) is 5.96 Å². The van der Waals surface area contributed by atoms with Gasteiger partial charge in [0.1, 0.15) is 6.04 Å². The second kappa shape index (κ2) is 3.97. The minimum absolute atomic E-state index is 0.459. The summed E-state index contributed by atoms with van der Waals surface area (Å²) in [6, 6.07) is -0.588. The number of nitrogens with two attached hydrogens (primary N) is 1. The van der Waals surface area contributed by atoms with Crippen LogP contribution in [0.15, 0.2) is 5.10 Å². The van der Waals surface area contributed by atoms with Gasteiger partial charge in [-0.3, -0.25) is 0 Å². The number of carbonyl (C=O) groups is 1. The molecule has 0 aromatic carbocycles. The van der Waals surface area contributed by atoms with Crippen molar-refractivity contribution in [2.75, 3.05) is 13.1 Å². The molecule has 1 rings (SSSR count). The van der Waals surface area contributed by atoms with Crippen LogP contribution in [0.2, 0.25) is 0 Å². The smallest absolute Gasteiger partial charge is 0.326 e. The highest BCUT2D eigenvalue weighted by molar-refractivity contribution is 5.85. The first kappa shape index (κ1) is 9.63. The molecular formula is C7H14N4O2. The molecule has 0 bridgehead atoms. The van der Waals surface area contributed by atoms with Gasteiger partial charge >= 0.3 is 5.97 Å². The lowest BCUT2D eigenvalue weighted by Gasteiger charge is -2.33. The van der Waals surface area contributed by atoms with E-state index in [1.165, 1.54) is 0 Å². The van der Waals surface area contributed by atoms with Crippen molar-refractivity contribution in [3.63, 3.8) is 0 Å². The van der Waals surface area contributed by atoms with Crippen molar-refractivity contribution in [1.29, 1.82) is 0 Å². The quantitative estimate of drug-likeness (QED) is 0.379. The Labute approximate surface area is 76.4 Å². The fourth-order valence-electron chi connectivity index (χ4n) is 1.29. The first-order valence-electron chi connectivity index (χ1n) is 4.18. The van der Waals surface area contributed by atoms with Crippen LogP contribution in [0.4, 0.5) is 0 Å². The first-order valence-corrected chi connectivity index (χ1v) is 4.18. The van der Waals surface area contributed by atoms with E-state index in [1.54, 1.807) is 11.8 Å². The van der Waals surface area contributed by atoms with E-state index in [0.717, 1.165) is 13.0 Å². The van der Waals surface area contributed by atoms with Crippen molar-refractivity contribution >= 4 is 11.9 Å². The van der Waals surface area contributed by atoms with Gasteiger partial charge in [-0.1, -0.05) is 0 Å². The van der Waals surface area contributed by atoms with Crippen LogP contribution in [0.1, 0.15) is 13.3 Å². The van der Waals surface area contributed by atoms with Crippen molar-refractivity contribution in [3.05, 3.63) is 0 Å². The number of hydrogen-bond donors (Lipinski definition) is 3. The third kappa shape index (κ3) is 2.01. The van der Waals surface area contributed by atoms with Gasteiger partial charge in [-0.25, -0.2) is 4.79 Å². The molecule has 4 N–H and O–H groups in total. The van der Waals surface area contributed by atoms with E-state index >= 15 is 0 Å². The van der Waals surface area contributed by atoms with Crippen LogP contribution in [0, 0.1) is 0 Å². The summed E-state index contributed by atoms with van der Waals surface area (Å²) in [7, 11) is 0. The van der Waals surface area contributed by atoms with Crippen molar-refractivity contribution in [2.24, 2.45) is 10.9 Å². The molecule has 1 fully saturated rings. The summed E-state index contributed by atoms with van der Waals surface area (Å²) in [5.74, 6) is 4.71. The summed E-state index contributed by atoms with van der Waals surface area (Å²) in [4.78, 5) is 12.3. The largest absolute Gasteiger partial charge is 0.480 e. The molecule has 1 atom stereocenters. The molecule has 0 aliphatic carbocycles. The molecule has 1 saturated heterocycles. The molecule has 13 heavy (non-hydrogen) atoms. The molecule has 1 aliphatic heterocycles. The number of nitrogens with one attached hydrogen (secondary N) is 1. The molecule has 0 radical (unpaired) electrons. The molecule has 6 nitrogen and oxygen atoms in total. The third-order valence-corrected chi connectivity index (χ3v) is 2.08. The van der Waals surface area contributed by atoms with E-state index < -0.39 is 12.0 Å². The zero-order chi connectivity index (χ0) is 9.84. The number of hydrazone groups is 1. The predicted octanol–water partition coefficient (Wildman–Crippen LogP) is -1.02. The summed E-state index contributed by atoms with van der Waals surface area (Å²) < 4.78 is 0. The van der Waals surface area contributed by atoms with Crippen molar-refractivity contribution in [2.45, 2.75) is 19.4 Å². The average molecular weight is 186 g/mol. The van der Waals surface area contributed by atoms with Gasteiger partial charge in [-0.05, 0) is 13.3 Å². The number of rotatable bonds is 2. The van der Waals surface area contributed by atoms with Gasteiger partial charge in [0.05, 0.1) is 0 Å². The van der Waals surface area contributed by atoms with Gasteiger partial charge in [0.15, 0.2) is 0 Å². The van der Waals surface area contributed by atoms with Crippen LogP contribution in [-0.4, -0.2) is 41.1 Å². The topological polar surface area (TPSA) is 91.0 Å². The normalized spacial score (nSPS) is 22.5. The minimum Gasteiger partial charge on any atom is -0.480 e. The van der Waals surface area contributed by atoms with E-state index in [0.29, 0.717) is 12.5 Å². The lowest BCUT2D eigenvalue weighted by molar-refractivity contribution is -0.141. The Morgan fingerprint density at radius 1 is 1.85 bits per heavy atom. The third-order valence-electron chi connectivity index (χ3n) is 2.08. The lowest BCUT2D eigenvalue weighted by Crippen LogP contribution is -2.54. The lowest BCUT2D eigenvalue weighted by atomic mass is 10.2. The predicted molar refractivity (Wildman–Crippen MR) is 48.0 cm³/mol. The summed E-state index contributed by atoms with van der Waals surface area (Å²) >= 11 is 0. The molecule has 0 spiro atoms. The highest BCUT2D eigenvalue weighted by Gasteiger charge is 2.25. The van der Waals surface area contributed by atoms with Crippen LogP contribution in [0.3, 0.4) is 0 Å².